The van der Waals surface area contributed by atoms with Crippen LogP contribution in [-0.2, 0) is 4.79 Å². The predicted molar refractivity (Wildman–Crippen MR) is 81.3 cm³/mol. The Morgan fingerprint density at radius 1 is 1.21 bits per heavy atom. The van der Waals surface area contributed by atoms with Gasteiger partial charge in [0.25, 0.3) is 0 Å². The van der Waals surface area contributed by atoms with Crippen molar-refractivity contribution in [3.05, 3.63) is 0 Å². The zero-order valence-electron chi connectivity index (χ0n) is 12.4. The van der Waals surface area contributed by atoms with E-state index in [1.807, 2.05) is 0 Å². The first-order chi connectivity index (χ1) is 8.35. The molecule has 112 valence electrons. The van der Waals surface area contributed by atoms with Crippen LogP contribution in [0.25, 0.3) is 0 Å². The third kappa shape index (κ3) is 4.64. The molecule has 2 atom stereocenters. The van der Waals surface area contributed by atoms with Crippen molar-refractivity contribution >= 4 is 18.3 Å². The minimum absolute atomic E-state index is 0. The number of amides is 1. The molecule has 0 heterocycles. The van der Waals surface area contributed by atoms with Gasteiger partial charge in [0, 0.05) is 18.5 Å². The van der Waals surface area contributed by atoms with Gasteiger partial charge in [-0.1, -0.05) is 27.2 Å². The maximum absolute atomic E-state index is 12.1. The standard InChI is InChI=1S/C15H28N2O.ClH/c1-15(2,3)9-13(18)17-14-10-5-4-6-11(14)8-12(16)7-10;/h10-12,14H,4-9,16H2,1-3H3,(H,17,18);1H. The van der Waals surface area contributed by atoms with E-state index in [9.17, 15) is 4.79 Å². The van der Waals surface area contributed by atoms with Crippen molar-refractivity contribution < 1.29 is 4.79 Å². The van der Waals surface area contributed by atoms with Gasteiger partial charge in [-0.2, -0.15) is 0 Å². The molecule has 2 rings (SSSR count). The van der Waals surface area contributed by atoms with Gasteiger partial charge < -0.3 is 11.1 Å². The molecule has 2 aliphatic carbocycles. The average molecular weight is 289 g/mol. The second-order valence-electron chi connectivity index (χ2n) is 7.51. The van der Waals surface area contributed by atoms with E-state index in [0.717, 1.165) is 12.8 Å². The van der Waals surface area contributed by atoms with Crippen molar-refractivity contribution in [2.75, 3.05) is 0 Å². The highest BCUT2D eigenvalue weighted by molar-refractivity contribution is 5.85. The SMILES string of the molecule is CC(C)(C)CC(=O)NC1C2CCCC1CC(N)C2.Cl. The molecule has 19 heavy (non-hydrogen) atoms. The first-order valence-electron chi connectivity index (χ1n) is 7.40. The molecule has 4 heteroatoms. The quantitative estimate of drug-likeness (QED) is 0.821. The average Bonchev–Trinajstić information content (AvgIpc) is 2.16. The maximum atomic E-state index is 12.1. The van der Waals surface area contributed by atoms with E-state index in [-0.39, 0.29) is 23.7 Å². The second kappa shape index (κ2) is 6.45. The lowest BCUT2D eigenvalue weighted by Gasteiger charge is -2.45. The fraction of sp³-hybridized carbons (Fsp3) is 0.933. The Balaban J connectivity index is 0.00000180. The molecule has 0 aromatic carbocycles. The summed E-state index contributed by atoms with van der Waals surface area (Å²) in [7, 11) is 0. The summed E-state index contributed by atoms with van der Waals surface area (Å²) in [5.74, 6) is 1.47. The summed E-state index contributed by atoms with van der Waals surface area (Å²) in [5, 5.41) is 3.30. The third-order valence-electron chi connectivity index (χ3n) is 4.40. The van der Waals surface area contributed by atoms with Crippen molar-refractivity contribution in [3.8, 4) is 0 Å². The van der Waals surface area contributed by atoms with E-state index in [2.05, 4.69) is 26.1 Å². The zero-order chi connectivity index (χ0) is 13.3. The molecule has 0 spiro atoms. The molecule has 0 aliphatic heterocycles. The van der Waals surface area contributed by atoms with E-state index < -0.39 is 0 Å². The minimum Gasteiger partial charge on any atom is -0.353 e. The summed E-state index contributed by atoms with van der Waals surface area (Å²) >= 11 is 0. The Morgan fingerprint density at radius 3 is 2.21 bits per heavy atom. The molecule has 2 aliphatic rings. The van der Waals surface area contributed by atoms with Crippen molar-refractivity contribution in [1.29, 1.82) is 0 Å². The Morgan fingerprint density at radius 2 is 1.74 bits per heavy atom. The number of carbonyl (C=O) groups is 1. The molecular formula is C15H29ClN2O. The van der Waals surface area contributed by atoms with Crippen LogP contribution in [0.3, 0.4) is 0 Å². The highest BCUT2D eigenvalue weighted by Crippen LogP contribution is 2.39. The number of hydrogen-bond acceptors (Lipinski definition) is 2. The third-order valence-corrected chi connectivity index (χ3v) is 4.40. The van der Waals surface area contributed by atoms with Gasteiger partial charge in [-0.3, -0.25) is 4.79 Å². The number of hydrogen-bond donors (Lipinski definition) is 2. The lowest BCUT2D eigenvalue weighted by atomic mass is 9.67. The van der Waals surface area contributed by atoms with Gasteiger partial charge in [0.1, 0.15) is 0 Å². The summed E-state index contributed by atoms with van der Waals surface area (Å²) in [4.78, 5) is 12.1. The van der Waals surface area contributed by atoms with Crippen molar-refractivity contribution in [2.45, 2.75) is 71.4 Å². The monoisotopic (exact) mass is 288 g/mol. The zero-order valence-corrected chi connectivity index (χ0v) is 13.3. The van der Waals surface area contributed by atoms with Gasteiger partial charge in [0.15, 0.2) is 0 Å². The molecule has 2 saturated carbocycles. The minimum atomic E-state index is 0. The molecule has 0 aromatic rings. The van der Waals surface area contributed by atoms with Crippen LogP contribution >= 0.6 is 12.4 Å². The summed E-state index contributed by atoms with van der Waals surface area (Å²) < 4.78 is 0. The van der Waals surface area contributed by atoms with Gasteiger partial charge in [0.2, 0.25) is 5.91 Å². The topological polar surface area (TPSA) is 55.1 Å². The molecular weight excluding hydrogens is 260 g/mol. The van der Waals surface area contributed by atoms with Crippen LogP contribution in [0.4, 0.5) is 0 Å². The summed E-state index contributed by atoms with van der Waals surface area (Å²) in [6, 6.07) is 0.754. The molecule has 0 radical (unpaired) electrons. The van der Waals surface area contributed by atoms with E-state index in [1.165, 1.54) is 19.3 Å². The lowest BCUT2D eigenvalue weighted by Crippen LogP contribution is -2.54. The van der Waals surface area contributed by atoms with Crippen LogP contribution in [0, 0.1) is 17.3 Å². The highest BCUT2D eigenvalue weighted by Gasteiger charge is 2.40. The maximum Gasteiger partial charge on any atom is 0.220 e. The van der Waals surface area contributed by atoms with Crippen LogP contribution in [0.5, 0.6) is 0 Å². The summed E-state index contributed by atoms with van der Waals surface area (Å²) in [6.45, 7) is 6.35. The molecule has 2 fully saturated rings. The molecule has 1 amide bonds. The van der Waals surface area contributed by atoms with Gasteiger partial charge in [0.05, 0.1) is 0 Å². The number of nitrogens with two attached hydrogens (primary N) is 1. The van der Waals surface area contributed by atoms with Gasteiger partial charge >= 0.3 is 0 Å². The lowest BCUT2D eigenvalue weighted by molar-refractivity contribution is -0.125. The number of carbonyl (C=O) groups excluding carboxylic acids is 1. The summed E-state index contributed by atoms with van der Waals surface area (Å²) in [5.41, 5.74) is 6.18. The largest absolute Gasteiger partial charge is 0.353 e. The number of fused-ring (bicyclic) bond motifs is 2. The molecule has 0 aromatic heterocycles. The Kier molecular flexibility index (Phi) is 5.69. The predicted octanol–water partition coefficient (Wildman–Crippen LogP) is 2.87. The molecule has 2 unspecified atom stereocenters. The smallest absolute Gasteiger partial charge is 0.220 e. The Labute approximate surface area is 123 Å². The second-order valence-corrected chi connectivity index (χ2v) is 7.51. The van der Waals surface area contributed by atoms with Gasteiger partial charge in [-0.05, 0) is 42.9 Å². The fourth-order valence-corrected chi connectivity index (χ4v) is 3.74. The normalized spacial score (nSPS) is 34.3. The van der Waals surface area contributed by atoms with Crippen LogP contribution in [-0.4, -0.2) is 18.0 Å². The van der Waals surface area contributed by atoms with Crippen LogP contribution in [0.2, 0.25) is 0 Å². The Hall–Kier alpha value is -0.280. The van der Waals surface area contributed by atoms with Crippen molar-refractivity contribution in [1.82, 2.24) is 5.32 Å². The van der Waals surface area contributed by atoms with Gasteiger partial charge in [-0.15, -0.1) is 12.4 Å². The molecule has 2 bridgehead atoms. The number of rotatable bonds is 2. The van der Waals surface area contributed by atoms with Crippen LogP contribution < -0.4 is 11.1 Å². The highest BCUT2D eigenvalue weighted by atomic mass is 35.5. The Bertz CT molecular complexity index is 300. The van der Waals surface area contributed by atoms with E-state index in [0.29, 0.717) is 30.3 Å². The van der Waals surface area contributed by atoms with E-state index >= 15 is 0 Å². The van der Waals surface area contributed by atoms with Crippen LogP contribution in [0.15, 0.2) is 0 Å². The first kappa shape index (κ1) is 16.8. The van der Waals surface area contributed by atoms with E-state index in [4.69, 9.17) is 5.73 Å². The van der Waals surface area contributed by atoms with Crippen LogP contribution in [0.1, 0.15) is 59.3 Å². The number of nitrogens with one attached hydrogen (secondary N) is 1. The van der Waals surface area contributed by atoms with Gasteiger partial charge in [-0.25, -0.2) is 0 Å². The molecule has 3 nitrogen and oxygen atoms in total. The fourth-order valence-electron chi connectivity index (χ4n) is 3.74. The molecule has 3 N–H and O–H groups in total. The van der Waals surface area contributed by atoms with Crippen molar-refractivity contribution in [2.24, 2.45) is 23.0 Å². The number of halogens is 1. The van der Waals surface area contributed by atoms with Crippen molar-refractivity contribution in [3.63, 3.8) is 0 Å². The summed E-state index contributed by atoms with van der Waals surface area (Å²) in [6.07, 6.45) is 6.60. The molecule has 0 saturated heterocycles. The first-order valence-corrected chi connectivity index (χ1v) is 7.40. The van der Waals surface area contributed by atoms with E-state index in [1.54, 1.807) is 0 Å².